The molecule has 1 fully saturated rings. The maximum absolute atomic E-state index is 12.8. The molecule has 1 aliphatic heterocycles. The second kappa shape index (κ2) is 6.34. The Labute approximate surface area is 142 Å². The van der Waals surface area contributed by atoms with Crippen molar-refractivity contribution in [2.75, 3.05) is 6.54 Å². The molecule has 0 aromatic carbocycles. The Balaban J connectivity index is 2.02. The molecule has 6 nitrogen and oxygen atoms in total. The van der Waals surface area contributed by atoms with Gasteiger partial charge < -0.3 is 4.90 Å². The predicted molar refractivity (Wildman–Crippen MR) is 92.1 cm³/mol. The summed E-state index contributed by atoms with van der Waals surface area (Å²) in [5.41, 5.74) is 2.27. The molecule has 0 saturated carbocycles. The molecule has 1 amide bonds. The molecule has 2 aromatic rings. The lowest BCUT2D eigenvalue weighted by atomic mass is 9.94. The van der Waals surface area contributed by atoms with Crippen LogP contribution in [0.1, 0.15) is 52.3 Å². The van der Waals surface area contributed by atoms with E-state index >= 15 is 0 Å². The molecule has 0 bridgehead atoms. The van der Waals surface area contributed by atoms with Crippen LogP contribution in [0.4, 0.5) is 0 Å². The summed E-state index contributed by atoms with van der Waals surface area (Å²) in [5, 5.41) is 4.34. The van der Waals surface area contributed by atoms with Crippen molar-refractivity contribution in [1.82, 2.24) is 24.6 Å². The van der Waals surface area contributed by atoms with Gasteiger partial charge in [-0.05, 0) is 25.8 Å². The fraction of sp³-hybridized carbons (Fsp3) is 0.556. The van der Waals surface area contributed by atoms with E-state index in [-0.39, 0.29) is 11.9 Å². The Hall–Kier alpha value is -2.24. The lowest BCUT2D eigenvalue weighted by Crippen LogP contribution is -2.39. The standard InChI is InChI=1S/C18H25N5O/c1-5-23-14(8-9-21-23)16-15(19-10-11-20-16)13-7-6-12-22(13)17(24)18(2,3)4/h8-11,13H,5-7,12H2,1-4H3. The number of rotatable bonds is 3. The largest absolute Gasteiger partial charge is 0.334 e. The van der Waals surface area contributed by atoms with Gasteiger partial charge in [-0.1, -0.05) is 20.8 Å². The van der Waals surface area contributed by atoms with Crippen LogP contribution in [0.2, 0.25) is 0 Å². The summed E-state index contributed by atoms with van der Waals surface area (Å²) in [6, 6.07) is 1.95. The van der Waals surface area contributed by atoms with Gasteiger partial charge in [0.05, 0.1) is 17.4 Å². The molecular formula is C18H25N5O. The molecule has 0 radical (unpaired) electrons. The monoisotopic (exact) mass is 327 g/mol. The summed E-state index contributed by atoms with van der Waals surface area (Å²) >= 11 is 0. The van der Waals surface area contributed by atoms with E-state index in [9.17, 15) is 4.79 Å². The van der Waals surface area contributed by atoms with Crippen molar-refractivity contribution in [3.63, 3.8) is 0 Å². The van der Waals surface area contributed by atoms with Gasteiger partial charge in [0.25, 0.3) is 0 Å². The first-order chi connectivity index (χ1) is 11.4. The molecule has 0 spiro atoms. The van der Waals surface area contributed by atoms with Crippen LogP contribution in [0.3, 0.4) is 0 Å². The number of carbonyl (C=O) groups is 1. The Morgan fingerprint density at radius 2 is 2.00 bits per heavy atom. The minimum Gasteiger partial charge on any atom is -0.334 e. The average molecular weight is 327 g/mol. The zero-order valence-electron chi connectivity index (χ0n) is 14.9. The van der Waals surface area contributed by atoms with Gasteiger partial charge in [-0.2, -0.15) is 5.10 Å². The van der Waals surface area contributed by atoms with Crippen LogP contribution in [-0.2, 0) is 11.3 Å². The van der Waals surface area contributed by atoms with Crippen molar-refractivity contribution in [3.05, 3.63) is 30.4 Å². The van der Waals surface area contributed by atoms with Crippen LogP contribution in [0.25, 0.3) is 11.4 Å². The molecule has 1 aliphatic rings. The van der Waals surface area contributed by atoms with E-state index in [0.717, 1.165) is 43.0 Å². The van der Waals surface area contributed by atoms with E-state index in [2.05, 4.69) is 22.0 Å². The number of aromatic nitrogens is 4. The predicted octanol–water partition coefficient (Wildman–Crippen LogP) is 3.07. The van der Waals surface area contributed by atoms with E-state index in [1.165, 1.54) is 0 Å². The van der Waals surface area contributed by atoms with Crippen LogP contribution in [0, 0.1) is 5.41 Å². The average Bonchev–Trinajstić information content (AvgIpc) is 3.22. The van der Waals surface area contributed by atoms with Gasteiger partial charge in [0.1, 0.15) is 5.69 Å². The summed E-state index contributed by atoms with van der Waals surface area (Å²) in [6.07, 6.45) is 7.12. The van der Waals surface area contributed by atoms with E-state index in [1.807, 2.05) is 36.4 Å². The van der Waals surface area contributed by atoms with Gasteiger partial charge in [-0.25, -0.2) is 0 Å². The number of hydrogen-bond acceptors (Lipinski definition) is 4. The van der Waals surface area contributed by atoms with E-state index in [4.69, 9.17) is 0 Å². The van der Waals surface area contributed by atoms with Gasteiger partial charge in [0, 0.05) is 37.1 Å². The van der Waals surface area contributed by atoms with E-state index < -0.39 is 5.41 Å². The fourth-order valence-corrected chi connectivity index (χ4v) is 3.30. The maximum Gasteiger partial charge on any atom is 0.228 e. The number of likely N-dealkylation sites (tertiary alicyclic amines) is 1. The second-order valence-corrected chi connectivity index (χ2v) is 7.23. The molecule has 1 unspecified atom stereocenters. The number of hydrogen-bond donors (Lipinski definition) is 0. The SMILES string of the molecule is CCn1nccc1-c1nccnc1C1CCCN1C(=O)C(C)(C)C. The molecule has 128 valence electrons. The normalized spacial score (nSPS) is 18.2. The zero-order chi connectivity index (χ0) is 17.3. The number of carbonyl (C=O) groups excluding carboxylic acids is 1. The molecule has 2 aromatic heterocycles. The molecule has 1 atom stereocenters. The highest BCUT2D eigenvalue weighted by molar-refractivity contribution is 5.82. The Morgan fingerprint density at radius 1 is 1.25 bits per heavy atom. The lowest BCUT2D eigenvalue weighted by Gasteiger charge is -2.31. The van der Waals surface area contributed by atoms with Crippen molar-refractivity contribution >= 4 is 5.91 Å². The zero-order valence-corrected chi connectivity index (χ0v) is 14.9. The molecular weight excluding hydrogens is 302 g/mol. The van der Waals surface area contributed by atoms with Crippen LogP contribution in [0.15, 0.2) is 24.7 Å². The Bertz CT molecular complexity index is 731. The minimum atomic E-state index is -0.393. The van der Waals surface area contributed by atoms with Crippen LogP contribution in [-0.4, -0.2) is 37.1 Å². The number of amides is 1. The minimum absolute atomic E-state index is 0.0133. The summed E-state index contributed by atoms with van der Waals surface area (Å²) in [4.78, 5) is 24.0. The Morgan fingerprint density at radius 3 is 2.71 bits per heavy atom. The second-order valence-electron chi connectivity index (χ2n) is 7.23. The van der Waals surface area contributed by atoms with Crippen molar-refractivity contribution < 1.29 is 4.79 Å². The molecule has 24 heavy (non-hydrogen) atoms. The first kappa shape index (κ1) is 16.6. The van der Waals surface area contributed by atoms with Gasteiger partial charge in [0.15, 0.2) is 0 Å². The van der Waals surface area contributed by atoms with Gasteiger partial charge in [0.2, 0.25) is 5.91 Å². The third-order valence-corrected chi connectivity index (χ3v) is 4.46. The van der Waals surface area contributed by atoms with E-state index in [0.29, 0.717) is 0 Å². The fourth-order valence-electron chi connectivity index (χ4n) is 3.30. The smallest absolute Gasteiger partial charge is 0.228 e. The van der Waals surface area contributed by atoms with Gasteiger partial charge in [-0.15, -0.1) is 0 Å². The first-order valence-electron chi connectivity index (χ1n) is 8.57. The van der Waals surface area contributed by atoms with Crippen molar-refractivity contribution in [1.29, 1.82) is 0 Å². The number of aryl methyl sites for hydroxylation is 1. The van der Waals surface area contributed by atoms with Crippen LogP contribution >= 0.6 is 0 Å². The highest BCUT2D eigenvalue weighted by atomic mass is 16.2. The lowest BCUT2D eigenvalue weighted by molar-refractivity contribution is -0.140. The van der Waals surface area contributed by atoms with Crippen LogP contribution < -0.4 is 0 Å². The maximum atomic E-state index is 12.8. The number of nitrogens with zero attached hydrogens (tertiary/aromatic N) is 5. The quantitative estimate of drug-likeness (QED) is 0.869. The third kappa shape index (κ3) is 2.92. The molecule has 6 heteroatoms. The molecule has 0 aliphatic carbocycles. The summed E-state index contributed by atoms with van der Waals surface area (Å²) in [7, 11) is 0. The van der Waals surface area contributed by atoms with Crippen LogP contribution in [0.5, 0.6) is 0 Å². The molecule has 0 N–H and O–H groups in total. The Kier molecular flexibility index (Phi) is 4.39. The highest BCUT2D eigenvalue weighted by Crippen LogP contribution is 2.37. The summed E-state index contributed by atoms with van der Waals surface area (Å²) in [5.74, 6) is 0.172. The summed E-state index contributed by atoms with van der Waals surface area (Å²) < 4.78 is 1.92. The molecule has 1 saturated heterocycles. The van der Waals surface area contributed by atoms with Crippen molar-refractivity contribution in [2.45, 2.75) is 53.1 Å². The van der Waals surface area contributed by atoms with Crippen molar-refractivity contribution in [3.8, 4) is 11.4 Å². The van der Waals surface area contributed by atoms with E-state index in [1.54, 1.807) is 18.6 Å². The third-order valence-electron chi connectivity index (χ3n) is 4.46. The van der Waals surface area contributed by atoms with Crippen molar-refractivity contribution in [2.24, 2.45) is 5.41 Å². The van der Waals surface area contributed by atoms with Gasteiger partial charge in [-0.3, -0.25) is 19.4 Å². The highest BCUT2D eigenvalue weighted by Gasteiger charge is 2.37. The summed E-state index contributed by atoms with van der Waals surface area (Å²) in [6.45, 7) is 9.51. The molecule has 3 heterocycles. The topological polar surface area (TPSA) is 63.9 Å². The first-order valence-corrected chi connectivity index (χ1v) is 8.57. The van der Waals surface area contributed by atoms with Gasteiger partial charge >= 0.3 is 0 Å². The molecule has 3 rings (SSSR count).